The largest absolute Gasteiger partial charge is 0.485 e. The maximum Gasteiger partial charge on any atom is 0.165 e. The Labute approximate surface area is 103 Å². The lowest BCUT2D eigenvalue weighted by Crippen LogP contribution is -2.27. The molecule has 1 atom stereocenters. The van der Waals surface area contributed by atoms with Crippen LogP contribution in [0.2, 0.25) is 0 Å². The Kier molecular flexibility index (Phi) is 4.52. The summed E-state index contributed by atoms with van der Waals surface area (Å²) in [7, 11) is 1.85. The SMILES string of the molecule is CCC(C)(C)Oc1ccc(C(C)NC)cc1F. The Hall–Kier alpha value is -1.09. The van der Waals surface area contributed by atoms with Crippen LogP contribution >= 0.6 is 0 Å². The molecular weight excluding hydrogens is 217 g/mol. The number of benzene rings is 1. The third-order valence-corrected chi connectivity index (χ3v) is 3.13. The van der Waals surface area contributed by atoms with Gasteiger partial charge in [-0.2, -0.15) is 0 Å². The van der Waals surface area contributed by atoms with Crippen molar-refractivity contribution in [3.05, 3.63) is 29.6 Å². The first kappa shape index (κ1) is 14.0. The molecule has 1 rings (SSSR count). The Morgan fingerprint density at radius 2 is 2.06 bits per heavy atom. The minimum atomic E-state index is -0.336. The van der Waals surface area contributed by atoms with Gasteiger partial charge in [-0.15, -0.1) is 0 Å². The quantitative estimate of drug-likeness (QED) is 0.846. The number of nitrogens with one attached hydrogen (secondary N) is 1. The van der Waals surface area contributed by atoms with Crippen LogP contribution < -0.4 is 10.1 Å². The third kappa shape index (κ3) is 3.70. The molecule has 17 heavy (non-hydrogen) atoms. The first-order valence-corrected chi connectivity index (χ1v) is 6.05. The van der Waals surface area contributed by atoms with Gasteiger partial charge in [-0.3, -0.25) is 0 Å². The Morgan fingerprint density at radius 3 is 2.53 bits per heavy atom. The highest BCUT2D eigenvalue weighted by atomic mass is 19.1. The molecule has 0 bridgehead atoms. The highest BCUT2D eigenvalue weighted by molar-refractivity contribution is 5.31. The molecule has 0 aliphatic carbocycles. The molecule has 2 nitrogen and oxygen atoms in total. The summed E-state index contributed by atoms with van der Waals surface area (Å²) in [6.07, 6.45) is 0.834. The summed E-state index contributed by atoms with van der Waals surface area (Å²) in [6, 6.07) is 5.27. The molecule has 3 heteroatoms. The van der Waals surface area contributed by atoms with E-state index in [1.807, 2.05) is 40.8 Å². The fourth-order valence-corrected chi connectivity index (χ4v) is 1.41. The monoisotopic (exact) mass is 239 g/mol. The molecule has 0 fully saturated rings. The number of rotatable bonds is 5. The predicted octanol–water partition coefficient (Wildman–Crippen LogP) is 3.67. The van der Waals surface area contributed by atoms with Gasteiger partial charge in [0.15, 0.2) is 11.6 Å². The molecule has 0 saturated carbocycles. The highest BCUT2D eigenvalue weighted by Gasteiger charge is 2.19. The molecule has 0 aliphatic rings. The maximum absolute atomic E-state index is 13.9. The van der Waals surface area contributed by atoms with Gasteiger partial charge >= 0.3 is 0 Å². The fourth-order valence-electron chi connectivity index (χ4n) is 1.41. The van der Waals surface area contributed by atoms with Crippen molar-refractivity contribution in [2.45, 2.75) is 45.8 Å². The van der Waals surface area contributed by atoms with Crippen LogP contribution in [0.4, 0.5) is 4.39 Å². The van der Waals surface area contributed by atoms with E-state index < -0.39 is 0 Å². The maximum atomic E-state index is 13.9. The Morgan fingerprint density at radius 1 is 1.41 bits per heavy atom. The Balaban J connectivity index is 2.90. The molecule has 0 saturated heterocycles. The summed E-state index contributed by atoms with van der Waals surface area (Å²) < 4.78 is 19.5. The van der Waals surface area contributed by atoms with E-state index in [2.05, 4.69) is 5.32 Å². The van der Waals surface area contributed by atoms with E-state index in [4.69, 9.17) is 4.74 Å². The number of hydrogen-bond acceptors (Lipinski definition) is 2. The lowest BCUT2D eigenvalue weighted by Gasteiger charge is -2.25. The number of halogens is 1. The van der Waals surface area contributed by atoms with E-state index in [0.717, 1.165) is 12.0 Å². The minimum absolute atomic E-state index is 0.137. The van der Waals surface area contributed by atoms with Crippen LogP contribution in [-0.4, -0.2) is 12.6 Å². The molecule has 1 aromatic carbocycles. The van der Waals surface area contributed by atoms with Gasteiger partial charge < -0.3 is 10.1 Å². The van der Waals surface area contributed by atoms with Gasteiger partial charge in [-0.25, -0.2) is 4.39 Å². The van der Waals surface area contributed by atoms with Gasteiger partial charge in [0.1, 0.15) is 5.60 Å². The van der Waals surface area contributed by atoms with E-state index in [9.17, 15) is 4.39 Å². The summed E-state index contributed by atoms with van der Waals surface area (Å²) >= 11 is 0. The van der Waals surface area contributed by atoms with Gasteiger partial charge in [-0.1, -0.05) is 13.0 Å². The minimum Gasteiger partial charge on any atom is -0.485 e. The lowest BCUT2D eigenvalue weighted by atomic mass is 10.1. The van der Waals surface area contributed by atoms with Crippen LogP contribution in [0.3, 0.4) is 0 Å². The van der Waals surface area contributed by atoms with Gasteiger partial charge in [0.05, 0.1) is 0 Å². The molecule has 1 unspecified atom stereocenters. The third-order valence-electron chi connectivity index (χ3n) is 3.13. The molecule has 96 valence electrons. The van der Waals surface area contributed by atoms with Crippen molar-refractivity contribution >= 4 is 0 Å². The topological polar surface area (TPSA) is 21.3 Å². The average Bonchev–Trinajstić information content (AvgIpc) is 2.30. The van der Waals surface area contributed by atoms with Crippen molar-refractivity contribution in [2.24, 2.45) is 0 Å². The smallest absolute Gasteiger partial charge is 0.165 e. The van der Waals surface area contributed by atoms with Crippen LogP contribution in [0.5, 0.6) is 5.75 Å². The standard InChI is InChI=1S/C14H22FNO/c1-6-14(3,4)17-13-8-7-11(9-12(13)15)10(2)16-5/h7-10,16H,6H2,1-5H3. The number of ether oxygens (including phenoxy) is 1. The van der Waals surface area contributed by atoms with E-state index in [1.54, 1.807) is 6.07 Å². The second-order valence-corrected chi connectivity index (χ2v) is 4.92. The molecule has 0 aromatic heterocycles. The normalized spacial score (nSPS) is 13.5. The Bertz CT molecular complexity index is 376. The zero-order valence-corrected chi connectivity index (χ0v) is 11.3. The van der Waals surface area contributed by atoms with E-state index >= 15 is 0 Å². The molecule has 0 spiro atoms. The summed E-state index contributed by atoms with van der Waals surface area (Å²) in [6.45, 7) is 7.92. The predicted molar refractivity (Wildman–Crippen MR) is 68.9 cm³/mol. The molecular formula is C14H22FNO. The van der Waals surface area contributed by atoms with Crippen LogP contribution in [0, 0.1) is 5.82 Å². The van der Waals surface area contributed by atoms with Crippen molar-refractivity contribution < 1.29 is 9.13 Å². The summed E-state index contributed by atoms with van der Waals surface area (Å²) in [5, 5.41) is 3.08. The summed E-state index contributed by atoms with van der Waals surface area (Å²) in [4.78, 5) is 0. The van der Waals surface area contributed by atoms with Crippen molar-refractivity contribution in [3.63, 3.8) is 0 Å². The molecule has 0 amide bonds. The highest BCUT2D eigenvalue weighted by Crippen LogP contribution is 2.26. The molecule has 1 N–H and O–H groups in total. The van der Waals surface area contributed by atoms with Crippen molar-refractivity contribution in [1.82, 2.24) is 5.32 Å². The van der Waals surface area contributed by atoms with Gasteiger partial charge in [0.25, 0.3) is 0 Å². The van der Waals surface area contributed by atoms with Crippen LogP contribution in [-0.2, 0) is 0 Å². The van der Waals surface area contributed by atoms with Crippen LogP contribution in [0.1, 0.15) is 45.7 Å². The second kappa shape index (κ2) is 5.50. The first-order valence-electron chi connectivity index (χ1n) is 6.05. The van der Waals surface area contributed by atoms with Gasteiger partial charge in [0.2, 0.25) is 0 Å². The zero-order chi connectivity index (χ0) is 13.1. The fraction of sp³-hybridized carbons (Fsp3) is 0.571. The number of hydrogen-bond donors (Lipinski definition) is 1. The molecule has 0 heterocycles. The summed E-state index contributed by atoms with van der Waals surface area (Å²) in [5.41, 5.74) is 0.586. The van der Waals surface area contributed by atoms with Crippen LogP contribution in [0.15, 0.2) is 18.2 Å². The van der Waals surface area contributed by atoms with Crippen LogP contribution in [0.25, 0.3) is 0 Å². The van der Waals surface area contributed by atoms with Crippen molar-refractivity contribution in [2.75, 3.05) is 7.05 Å². The van der Waals surface area contributed by atoms with Crippen molar-refractivity contribution in [3.8, 4) is 5.75 Å². The van der Waals surface area contributed by atoms with Gasteiger partial charge in [-0.05, 0) is 51.9 Å². The zero-order valence-electron chi connectivity index (χ0n) is 11.3. The average molecular weight is 239 g/mol. The lowest BCUT2D eigenvalue weighted by molar-refractivity contribution is 0.0994. The first-order chi connectivity index (χ1) is 7.89. The van der Waals surface area contributed by atoms with Gasteiger partial charge in [0, 0.05) is 6.04 Å². The van der Waals surface area contributed by atoms with E-state index in [-0.39, 0.29) is 17.5 Å². The van der Waals surface area contributed by atoms with E-state index in [0.29, 0.717) is 5.75 Å². The molecule has 1 aromatic rings. The molecule has 0 aliphatic heterocycles. The van der Waals surface area contributed by atoms with Crippen molar-refractivity contribution in [1.29, 1.82) is 0 Å². The summed E-state index contributed by atoms with van der Waals surface area (Å²) in [5.74, 6) is 0.0232. The van der Waals surface area contributed by atoms with E-state index in [1.165, 1.54) is 6.07 Å². The molecule has 0 radical (unpaired) electrons. The second-order valence-electron chi connectivity index (χ2n) is 4.92.